The van der Waals surface area contributed by atoms with Gasteiger partial charge in [-0.15, -0.1) is 0 Å². The number of ether oxygens (including phenoxy) is 1. The van der Waals surface area contributed by atoms with E-state index in [-0.39, 0.29) is 6.42 Å². The smallest absolute Gasteiger partial charge is 0.303 e. The summed E-state index contributed by atoms with van der Waals surface area (Å²) in [4.78, 5) is 21.5. The lowest BCUT2D eigenvalue weighted by molar-refractivity contribution is -0.137. The van der Waals surface area contributed by atoms with Crippen LogP contribution in [0.15, 0.2) is 73.1 Å². The van der Waals surface area contributed by atoms with Gasteiger partial charge in [0, 0.05) is 31.1 Å². The van der Waals surface area contributed by atoms with Gasteiger partial charge in [0.25, 0.3) is 0 Å². The Balaban J connectivity index is 0.000000364. The molecule has 0 radical (unpaired) electrons. The van der Waals surface area contributed by atoms with Crippen molar-refractivity contribution in [2.24, 2.45) is 0 Å². The zero-order chi connectivity index (χ0) is 26.6. The third-order valence-electron chi connectivity index (χ3n) is 5.93. The summed E-state index contributed by atoms with van der Waals surface area (Å²) < 4.78 is 5.87. The molecule has 6 nitrogen and oxygen atoms in total. The van der Waals surface area contributed by atoms with Gasteiger partial charge in [-0.3, -0.25) is 9.78 Å². The van der Waals surface area contributed by atoms with E-state index >= 15 is 0 Å². The molecule has 0 unspecified atom stereocenters. The van der Waals surface area contributed by atoms with Gasteiger partial charge in [0.2, 0.25) is 0 Å². The van der Waals surface area contributed by atoms with Gasteiger partial charge in [0.1, 0.15) is 18.2 Å². The van der Waals surface area contributed by atoms with Crippen molar-refractivity contribution in [2.75, 3.05) is 24.6 Å². The van der Waals surface area contributed by atoms with E-state index in [4.69, 9.17) is 9.84 Å². The van der Waals surface area contributed by atoms with Crippen LogP contribution < -0.4 is 9.64 Å². The molecule has 3 aromatic rings. The highest BCUT2D eigenvalue weighted by Gasteiger charge is 2.07. The lowest BCUT2D eigenvalue weighted by atomic mass is 10.1. The fraction of sp³-hybridized carbons (Fsp3) is 0.452. The minimum Gasteiger partial charge on any atom is -0.492 e. The lowest BCUT2D eigenvalue weighted by Gasteiger charge is -2.23. The van der Waals surface area contributed by atoms with E-state index in [0.29, 0.717) is 13.0 Å². The number of anilines is 1. The number of aryl methyl sites for hydroxylation is 2. The molecule has 6 heteroatoms. The van der Waals surface area contributed by atoms with Crippen molar-refractivity contribution in [3.05, 3.63) is 84.3 Å². The van der Waals surface area contributed by atoms with Gasteiger partial charge in [0.05, 0.1) is 6.54 Å². The number of aliphatic carboxylic acids is 1. The number of carboxylic acid groups (broad SMARTS) is 1. The number of hydrogen-bond donors (Lipinski definition) is 1. The number of carboxylic acids is 1. The van der Waals surface area contributed by atoms with Gasteiger partial charge in [0.15, 0.2) is 0 Å². The van der Waals surface area contributed by atoms with E-state index in [1.807, 2.05) is 67.0 Å². The monoisotopic (exact) mass is 505 g/mol. The molecule has 37 heavy (non-hydrogen) atoms. The Labute approximate surface area is 222 Å². The molecule has 2 aromatic heterocycles. The summed E-state index contributed by atoms with van der Waals surface area (Å²) in [5.74, 6) is 1.08. The second-order valence-electron chi connectivity index (χ2n) is 9.05. The predicted octanol–water partition coefficient (Wildman–Crippen LogP) is 6.99. The molecule has 1 aromatic carbocycles. The highest BCUT2D eigenvalue weighted by molar-refractivity contribution is 5.66. The molecule has 0 aliphatic heterocycles. The van der Waals surface area contributed by atoms with Crippen LogP contribution in [0.25, 0.3) is 0 Å². The Bertz CT molecular complexity index is 966. The van der Waals surface area contributed by atoms with Crippen LogP contribution in [0, 0.1) is 0 Å². The highest BCUT2D eigenvalue weighted by Crippen LogP contribution is 2.15. The minimum absolute atomic E-state index is 0.208. The standard InChI is InChI=1S/C21H28N2O3.C10H15N/c1-2-3-15-23(20-8-4-5-14-22-20)16-17-26-19-12-10-18(11-13-19)7-6-9-21(24)25;1-2-3-4-7-10-8-5-6-9-11-10/h4-5,8,10-14H,2-3,6-7,9,15-17H2,1H3,(H,24,25);5-6,8-9H,2-4,7H2,1H3. The molecule has 0 fully saturated rings. The van der Waals surface area contributed by atoms with Gasteiger partial charge in [-0.05, 0) is 74.1 Å². The van der Waals surface area contributed by atoms with E-state index in [1.54, 1.807) is 0 Å². The van der Waals surface area contributed by atoms with Crippen molar-refractivity contribution < 1.29 is 14.6 Å². The van der Waals surface area contributed by atoms with Crippen molar-refractivity contribution in [2.45, 2.75) is 71.6 Å². The molecule has 3 rings (SSSR count). The van der Waals surface area contributed by atoms with Crippen molar-refractivity contribution in [3.63, 3.8) is 0 Å². The van der Waals surface area contributed by atoms with Crippen LogP contribution in [0.5, 0.6) is 5.75 Å². The Kier molecular flexibility index (Phi) is 15.2. The van der Waals surface area contributed by atoms with Crippen molar-refractivity contribution in [1.29, 1.82) is 0 Å². The second-order valence-corrected chi connectivity index (χ2v) is 9.05. The first-order valence-corrected chi connectivity index (χ1v) is 13.6. The van der Waals surface area contributed by atoms with Crippen LogP contribution in [-0.4, -0.2) is 40.7 Å². The summed E-state index contributed by atoms with van der Waals surface area (Å²) >= 11 is 0. The Morgan fingerprint density at radius 3 is 2.16 bits per heavy atom. The summed E-state index contributed by atoms with van der Waals surface area (Å²) in [6.45, 7) is 6.76. The average molecular weight is 506 g/mol. The predicted molar refractivity (Wildman–Crippen MR) is 151 cm³/mol. The number of nitrogens with zero attached hydrogens (tertiary/aromatic N) is 3. The van der Waals surface area contributed by atoms with E-state index in [0.717, 1.165) is 55.9 Å². The van der Waals surface area contributed by atoms with Gasteiger partial charge >= 0.3 is 5.97 Å². The molecule has 1 N–H and O–H groups in total. The third kappa shape index (κ3) is 13.5. The summed E-state index contributed by atoms with van der Waals surface area (Å²) in [6, 6.07) is 20.0. The summed E-state index contributed by atoms with van der Waals surface area (Å²) in [6.07, 6.45) is 12.6. The van der Waals surface area contributed by atoms with Crippen LogP contribution in [-0.2, 0) is 17.6 Å². The fourth-order valence-corrected chi connectivity index (χ4v) is 3.80. The molecule has 0 saturated heterocycles. The number of unbranched alkanes of at least 4 members (excludes halogenated alkanes) is 3. The van der Waals surface area contributed by atoms with Gasteiger partial charge < -0.3 is 14.7 Å². The molecule has 2 heterocycles. The molecule has 0 atom stereocenters. The van der Waals surface area contributed by atoms with Gasteiger partial charge in [-0.1, -0.05) is 57.4 Å². The fourth-order valence-electron chi connectivity index (χ4n) is 3.80. The average Bonchev–Trinajstić information content (AvgIpc) is 2.93. The second kappa shape index (κ2) is 18.8. The van der Waals surface area contributed by atoms with Crippen molar-refractivity contribution in [3.8, 4) is 5.75 Å². The largest absolute Gasteiger partial charge is 0.492 e. The zero-order valence-electron chi connectivity index (χ0n) is 22.5. The number of rotatable bonds is 16. The normalized spacial score (nSPS) is 10.3. The Morgan fingerprint density at radius 2 is 1.54 bits per heavy atom. The SMILES string of the molecule is CCCCCc1ccccn1.CCCCN(CCOc1ccc(CCCC(=O)O)cc1)c1ccccn1. The van der Waals surface area contributed by atoms with Crippen LogP contribution in [0.4, 0.5) is 5.82 Å². The van der Waals surface area contributed by atoms with E-state index in [9.17, 15) is 4.79 Å². The topological polar surface area (TPSA) is 75.6 Å². The van der Waals surface area contributed by atoms with Crippen LogP contribution >= 0.6 is 0 Å². The molecule has 0 spiro atoms. The Hall–Kier alpha value is -3.41. The highest BCUT2D eigenvalue weighted by atomic mass is 16.5. The summed E-state index contributed by atoms with van der Waals surface area (Å²) in [5.41, 5.74) is 2.36. The number of hydrogen-bond acceptors (Lipinski definition) is 5. The number of aromatic nitrogens is 2. The molecule has 200 valence electrons. The lowest BCUT2D eigenvalue weighted by Crippen LogP contribution is -2.30. The van der Waals surface area contributed by atoms with Crippen LogP contribution in [0.1, 0.15) is 70.1 Å². The van der Waals surface area contributed by atoms with Gasteiger partial charge in [-0.25, -0.2) is 4.98 Å². The number of benzene rings is 1. The van der Waals surface area contributed by atoms with Crippen molar-refractivity contribution >= 4 is 11.8 Å². The maximum Gasteiger partial charge on any atom is 0.303 e. The zero-order valence-corrected chi connectivity index (χ0v) is 22.5. The molecular formula is C31H43N3O3. The summed E-state index contributed by atoms with van der Waals surface area (Å²) in [5, 5.41) is 8.69. The minimum atomic E-state index is -0.745. The van der Waals surface area contributed by atoms with Crippen molar-refractivity contribution in [1.82, 2.24) is 9.97 Å². The van der Waals surface area contributed by atoms with E-state index < -0.39 is 5.97 Å². The molecule has 0 aliphatic rings. The molecular weight excluding hydrogens is 462 g/mol. The number of carbonyl (C=O) groups is 1. The van der Waals surface area contributed by atoms with Crippen LogP contribution in [0.2, 0.25) is 0 Å². The maximum atomic E-state index is 10.6. The quantitative estimate of drug-likeness (QED) is 0.212. The van der Waals surface area contributed by atoms with Crippen LogP contribution in [0.3, 0.4) is 0 Å². The first kappa shape index (κ1) is 29.8. The summed E-state index contributed by atoms with van der Waals surface area (Å²) in [7, 11) is 0. The molecule has 0 amide bonds. The number of pyridine rings is 2. The molecule has 0 saturated carbocycles. The molecule has 0 bridgehead atoms. The maximum absolute atomic E-state index is 10.6. The Morgan fingerprint density at radius 1 is 0.811 bits per heavy atom. The van der Waals surface area contributed by atoms with E-state index in [2.05, 4.69) is 34.8 Å². The van der Waals surface area contributed by atoms with E-state index in [1.165, 1.54) is 25.0 Å². The third-order valence-corrected chi connectivity index (χ3v) is 5.93. The van der Waals surface area contributed by atoms with Gasteiger partial charge in [-0.2, -0.15) is 0 Å². The first-order valence-electron chi connectivity index (χ1n) is 13.6. The first-order chi connectivity index (χ1) is 18.1. The molecule has 0 aliphatic carbocycles.